The van der Waals surface area contributed by atoms with Gasteiger partial charge in [-0.15, -0.1) is 0 Å². The molecule has 2 rings (SSSR count). The van der Waals surface area contributed by atoms with Crippen LogP contribution in [0.1, 0.15) is 18.9 Å². The first-order valence-electron chi connectivity index (χ1n) is 5.06. The number of carbonyl (C=O) groups excluding carboxylic acids is 1. The monoisotopic (exact) mass is 220 g/mol. The van der Waals surface area contributed by atoms with Gasteiger partial charge in [0.05, 0.1) is 24.8 Å². The number of anilines is 1. The van der Waals surface area contributed by atoms with E-state index >= 15 is 0 Å². The Hall–Kier alpha value is -1.87. The average Bonchev–Trinajstić information content (AvgIpc) is 2.86. The molecular formula is C10H12N4O2. The molecule has 2 unspecified atom stereocenters. The smallest absolute Gasteiger partial charge is 0.231 e. The third-order valence-corrected chi connectivity index (χ3v) is 2.58. The van der Waals surface area contributed by atoms with E-state index in [1.54, 1.807) is 0 Å². The van der Waals surface area contributed by atoms with Crippen LogP contribution in [-0.4, -0.2) is 28.8 Å². The van der Waals surface area contributed by atoms with Crippen LogP contribution in [0.2, 0.25) is 0 Å². The van der Waals surface area contributed by atoms with Crippen molar-refractivity contribution in [3.63, 3.8) is 0 Å². The molecular weight excluding hydrogens is 208 g/mol. The second-order valence-electron chi connectivity index (χ2n) is 3.84. The van der Waals surface area contributed by atoms with Crippen LogP contribution in [0.25, 0.3) is 0 Å². The summed E-state index contributed by atoms with van der Waals surface area (Å²) in [4.78, 5) is 11.8. The van der Waals surface area contributed by atoms with E-state index in [2.05, 4.69) is 15.5 Å². The molecule has 84 valence electrons. The highest BCUT2D eigenvalue weighted by Gasteiger charge is 2.28. The summed E-state index contributed by atoms with van der Waals surface area (Å²) in [5.74, 6) is 0.0713. The van der Waals surface area contributed by atoms with E-state index in [1.165, 1.54) is 6.20 Å². The standard InChI is InChI=1S/C10H12N4O2/c1-6-2-7(5-16-6)10(15)13-9-8(3-11)4-12-14-9/h4,6-7H,2,5H2,1H3,(H2,12,13,14,15). The lowest BCUT2D eigenvalue weighted by Crippen LogP contribution is -2.23. The molecule has 1 aliphatic rings. The first-order chi connectivity index (χ1) is 7.70. The second kappa shape index (κ2) is 4.33. The molecule has 0 radical (unpaired) electrons. The van der Waals surface area contributed by atoms with E-state index in [4.69, 9.17) is 10.00 Å². The Balaban J connectivity index is 2.00. The summed E-state index contributed by atoms with van der Waals surface area (Å²) in [6.45, 7) is 2.37. The fraction of sp³-hybridized carbons (Fsp3) is 0.500. The highest BCUT2D eigenvalue weighted by Crippen LogP contribution is 2.21. The Morgan fingerprint density at radius 2 is 2.62 bits per heavy atom. The maximum atomic E-state index is 11.8. The van der Waals surface area contributed by atoms with E-state index in [0.717, 1.165) is 0 Å². The molecule has 6 heteroatoms. The molecule has 1 amide bonds. The van der Waals surface area contributed by atoms with Crippen LogP contribution >= 0.6 is 0 Å². The number of aromatic amines is 1. The van der Waals surface area contributed by atoms with Crippen molar-refractivity contribution in [1.29, 1.82) is 5.26 Å². The average molecular weight is 220 g/mol. The number of hydrogen-bond donors (Lipinski definition) is 2. The summed E-state index contributed by atoms with van der Waals surface area (Å²) in [7, 11) is 0. The third kappa shape index (κ3) is 2.04. The molecule has 2 atom stereocenters. The van der Waals surface area contributed by atoms with Crippen LogP contribution in [-0.2, 0) is 9.53 Å². The van der Waals surface area contributed by atoms with Gasteiger partial charge in [0, 0.05) is 0 Å². The van der Waals surface area contributed by atoms with Crippen molar-refractivity contribution < 1.29 is 9.53 Å². The zero-order valence-electron chi connectivity index (χ0n) is 8.86. The van der Waals surface area contributed by atoms with Crippen molar-refractivity contribution in [2.75, 3.05) is 11.9 Å². The number of rotatable bonds is 2. The zero-order chi connectivity index (χ0) is 11.5. The van der Waals surface area contributed by atoms with Gasteiger partial charge in [-0.3, -0.25) is 9.89 Å². The zero-order valence-corrected chi connectivity index (χ0v) is 8.86. The van der Waals surface area contributed by atoms with Crippen molar-refractivity contribution in [3.8, 4) is 6.07 Å². The summed E-state index contributed by atoms with van der Waals surface area (Å²) >= 11 is 0. The van der Waals surface area contributed by atoms with Gasteiger partial charge in [-0.25, -0.2) is 0 Å². The first kappa shape index (κ1) is 10.6. The van der Waals surface area contributed by atoms with Gasteiger partial charge in [-0.05, 0) is 13.3 Å². The number of nitriles is 1. The van der Waals surface area contributed by atoms with Gasteiger partial charge in [0.2, 0.25) is 5.91 Å². The Bertz CT molecular complexity index is 434. The highest BCUT2D eigenvalue weighted by atomic mass is 16.5. The van der Waals surface area contributed by atoms with Crippen LogP contribution in [0.15, 0.2) is 6.20 Å². The van der Waals surface area contributed by atoms with E-state index in [-0.39, 0.29) is 17.9 Å². The van der Waals surface area contributed by atoms with Crippen molar-refractivity contribution in [3.05, 3.63) is 11.8 Å². The first-order valence-corrected chi connectivity index (χ1v) is 5.06. The van der Waals surface area contributed by atoms with E-state index < -0.39 is 0 Å². The molecule has 2 heterocycles. The Kier molecular flexibility index (Phi) is 2.88. The van der Waals surface area contributed by atoms with Crippen LogP contribution in [0.4, 0.5) is 5.82 Å². The molecule has 0 spiro atoms. The molecule has 1 aromatic heterocycles. The summed E-state index contributed by atoms with van der Waals surface area (Å²) < 4.78 is 5.31. The van der Waals surface area contributed by atoms with Crippen molar-refractivity contribution >= 4 is 11.7 Å². The molecule has 0 saturated carbocycles. The Labute approximate surface area is 92.6 Å². The van der Waals surface area contributed by atoms with Gasteiger partial charge >= 0.3 is 0 Å². The summed E-state index contributed by atoms with van der Waals surface area (Å²) in [6.07, 6.45) is 2.21. The van der Waals surface area contributed by atoms with Crippen molar-refractivity contribution in [2.45, 2.75) is 19.4 Å². The molecule has 0 aliphatic carbocycles. The van der Waals surface area contributed by atoms with Crippen LogP contribution in [0, 0.1) is 17.2 Å². The topological polar surface area (TPSA) is 90.8 Å². The van der Waals surface area contributed by atoms with Gasteiger partial charge in [-0.1, -0.05) is 0 Å². The molecule has 16 heavy (non-hydrogen) atoms. The number of carbonyl (C=O) groups is 1. The minimum Gasteiger partial charge on any atom is -0.378 e. The predicted octanol–water partition coefficient (Wildman–Crippen LogP) is 0.645. The molecule has 1 aliphatic heterocycles. The lowest BCUT2D eigenvalue weighted by molar-refractivity contribution is -0.119. The number of nitrogens with zero attached hydrogens (tertiary/aromatic N) is 2. The summed E-state index contributed by atoms with van der Waals surface area (Å²) in [6, 6.07) is 1.94. The largest absolute Gasteiger partial charge is 0.378 e. The lowest BCUT2D eigenvalue weighted by Gasteiger charge is -2.07. The van der Waals surface area contributed by atoms with E-state index in [0.29, 0.717) is 24.4 Å². The lowest BCUT2D eigenvalue weighted by atomic mass is 10.1. The summed E-state index contributed by atoms with van der Waals surface area (Å²) in [5.41, 5.74) is 0.334. The Morgan fingerprint density at radius 1 is 1.81 bits per heavy atom. The van der Waals surface area contributed by atoms with Crippen LogP contribution in [0.5, 0.6) is 0 Å². The molecule has 1 saturated heterocycles. The molecule has 0 bridgehead atoms. The maximum Gasteiger partial charge on any atom is 0.231 e. The SMILES string of the molecule is CC1CC(C(=O)Nc2[nH]ncc2C#N)CO1. The fourth-order valence-electron chi connectivity index (χ4n) is 1.69. The number of aromatic nitrogens is 2. The van der Waals surface area contributed by atoms with Crippen molar-refractivity contribution in [2.24, 2.45) is 5.92 Å². The molecule has 1 fully saturated rings. The van der Waals surface area contributed by atoms with Crippen LogP contribution < -0.4 is 5.32 Å². The number of amides is 1. The minimum absolute atomic E-state index is 0.118. The number of ether oxygens (including phenoxy) is 1. The number of hydrogen-bond acceptors (Lipinski definition) is 4. The highest BCUT2D eigenvalue weighted by molar-refractivity contribution is 5.92. The van der Waals surface area contributed by atoms with E-state index in [9.17, 15) is 4.79 Å². The van der Waals surface area contributed by atoms with Gasteiger partial charge in [0.15, 0.2) is 0 Å². The fourth-order valence-corrected chi connectivity index (χ4v) is 1.69. The van der Waals surface area contributed by atoms with Gasteiger partial charge in [-0.2, -0.15) is 10.4 Å². The van der Waals surface area contributed by atoms with Crippen LogP contribution in [0.3, 0.4) is 0 Å². The molecule has 2 N–H and O–H groups in total. The Morgan fingerprint density at radius 3 is 3.25 bits per heavy atom. The van der Waals surface area contributed by atoms with E-state index in [1.807, 2.05) is 13.0 Å². The number of H-pyrrole nitrogens is 1. The quantitative estimate of drug-likeness (QED) is 0.765. The normalized spacial score (nSPS) is 24.0. The summed E-state index contributed by atoms with van der Waals surface area (Å²) in [5, 5.41) is 17.7. The van der Waals surface area contributed by atoms with Crippen molar-refractivity contribution in [1.82, 2.24) is 10.2 Å². The minimum atomic E-state index is -0.148. The maximum absolute atomic E-state index is 11.8. The van der Waals surface area contributed by atoms with Gasteiger partial charge in [0.25, 0.3) is 0 Å². The number of nitrogens with one attached hydrogen (secondary N) is 2. The predicted molar refractivity (Wildman–Crippen MR) is 55.5 cm³/mol. The van der Waals surface area contributed by atoms with Gasteiger partial charge in [0.1, 0.15) is 17.5 Å². The second-order valence-corrected chi connectivity index (χ2v) is 3.84. The molecule has 1 aromatic rings. The molecule has 6 nitrogen and oxygen atoms in total. The van der Waals surface area contributed by atoms with Gasteiger partial charge < -0.3 is 10.1 Å². The third-order valence-electron chi connectivity index (χ3n) is 2.58. The molecule has 0 aromatic carbocycles.